The number of benzene rings is 1. The Morgan fingerprint density at radius 3 is 2.78 bits per heavy atom. The van der Waals surface area contributed by atoms with Crippen molar-refractivity contribution >= 4 is 29.2 Å². The number of urea groups is 1. The van der Waals surface area contributed by atoms with Gasteiger partial charge in [0.05, 0.1) is 15.5 Å². The van der Waals surface area contributed by atoms with E-state index in [-0.39, 0.29) is 22.8 Å². The Morgan fingerprint density at radius 1 is 1.50 bits per heavy atom. The van der Waals surface area contributed by atoms with Gasteiger partial charge in [-0.1, -0.05) is 11.6 Å². The fraction of sp³-hybridized carbons (Fsp3) is 0.200. The summed E-state index contributed by atoms with van der Waals surface area (Å²) in [5.41, 5.74) is -0.301. The molecule has 8 heteroatoms. The fourth-order valence-electron chi connectivity index (χ4n) is 1.60. The van der Waals surface area contributed by atoms with E-state index in [1.54, 1.807) is 0 Å². The van der Waals surface area contributed by atoms with E-state index in [1.807, 2.05) is 0 Å². The van der Waals surface area contributed by atoms with Gasteiger partial charge in [0.15, 0.2) is 0 Å². The summed E-state index contributed by atoms with van der Waals surface area (Å²) < 4.78 is 0. The van der Waals surface area contributed by atoms with Crippen molar-refractivity contribution in [3.63, 3.8) is 0 Å². The van der Waals surface area contributed by atoms with Crippen molar-refractivity contribution in [2.75, 3.05) is 13.1 Å². The largest absolute Gasteiger partial charge is 0.336 e. The Kier molecular flexibility index (Phi) is 3.15. The van der Waals surface area contributed by atoms with Crippen LogP contribution < -0.4 is 5.32 Å². The number of halogens is 1. The Balaban J connectivity index is 2.37. The van der Waals surface area contributed by atoms with Gasteiger partial charge < -0.3 is 5.32 Å². The van der Waals surface area contributed by atoms with Gasteiger partial charge in [-0.25, -0.2) is 4.79 Å². The van der Waals surface area contributed by atoms with Gasteiger partial charge in [-0.2, -0.15) is 0 Å². The molecular weight excluding hydrogens is 262 g/mol. The molecule has 7 nitrogen and oxygen atoms in total. The predicted octanol–water partition coefficient (Wildman–Crippen LogP) is 1.41. The van der Waals surface area contributed by atoms with Gasteiger partial charge in [0, 0.05) is 25.2 Å². The number of carbonyl (C=O) groups excluding carboxylic acids is 2. The summed E-state index contributed by atoms with van der Waals surface area (Å²) in [6.45, 7) is 0.577. The average molecular weight is 270 g/mol. The number of nitro groups is 1. The van der Waals surface area contributed by atoms with Crippen LogP contribution in [0.5, 0.6) is 0 Å². The van der Waals surface area contributed by atoms with Crippen LogP contribution in [0.25, 0.3) is 0 Å². The topological polar surface area (TPSA) is 92.6 Å². The fourth-order valence-corrected chi connectivity index (χ4v) is 1.80. The smallest absolute Gasteiger partial charge is 0.324 e. The van der Waals surface area contributed by atoms with E-state index >= 15 is 0 Å². The minimum atomic E-state index is -0.640. The third-order valence-corrected chi connectivity index (χ3v) is 2.82. The number of nitrogens with zero attached hydrogens (tertiary/aromatic N) is 2. The van der Waals surface area contributed by atoms with Crippen molar-refractivity contribution in [2.45, 2.75) is 0 Å². The standard InChI is InChI=1S/C10H8ClN3O4/c11-8-2-1-6(14(17)18)5-7(8)9(15)13-4-3-12-10(13)16/h1-2,5H,3-4H2,(H,12,16). The summed E-state index contributed by atoms with van der Waals surface area (Å²) in [6, 6.07) is 3.00. The minimum Gasteiger partial charge on any atom is -0.336 e. The lowest BCUT2D eigenvalue weighted by Crippen LogP contribution is -2.34. The van der Waals surface area contributed by atoms with Gasteiger partial charge in [-0.15, -0.1) is 0 Å². The summed E-state index contributed by atoms with van der Waals surface area (Å²) in [4.78, 5) is 34.3. The van der Waals surface area contributed by atoms with Crippen molar-refractivity contribution in [3.05, 3.63) is 38.9 Å². The molecule has 3 amide bonds. The molecule has 0 atom stereocenters. The second-order valence-electron chi connectivity index (χ2n) is 3.61. The van der Waals surface area contributed by atoms with E-state index in [2.05, 4.69) is 5.32 Å². The number of rotatable bonds is 2. The molecule has 0 aromatic heterocycles. The van der Waals surface area contributed by atoms with Gasteiger partial charge in [-0.05, 0) is 6.07 Å². The number of hydrogen-bond acceptors (Lipinski definition) is 4. The Hall–Kier alpha value is -2.15. The Labute approximate surface area is 106 Å². The molecule has 94 valence electrons. The van der Waals surface area contributed by atoms with Crippen LogP contribution >= 0.6 is 11.6 Å². The number of nitro benzene ring substituents is 1. The number of nitrogens with one attached hydrogen (secondary N) is 1. The quantitative estimate of drug-likeness (QED) is 0.649. The number of imide groups is 1. The number of carbonyl (C=O) groups is 2. The third kappa shape index (κ3) is 2.12. The zero-order chi connectivity index (χ0) is 13.3. The molecule has 1 fully saturated rings. The molecule has 1 aliphatic rings. The number of hydrogen-bond donors (Lipinski definition) is 1. The van der Waals surface area contributed by atoms with Crippen LogP contribution in [-0.4, -0.2) is 34.9 Å². The van der Waals surface area contributed by atoms with Crippen LogP contribution in [0, 0.1) is 10.1 Å². The van der Waals surface area contributed by atoms with E-state index < -0.39 is 16.9 Å². The highest BCUT2D eigenvalue weighted by atomic mass is 35.5. The third-order valence-electron chi connectivity index (χ3n) is 2.49. The lowest BCUT2D eigenvalue weighted by molar-refractivity contribution is -0.384. The molecule has 0 spiro atoms. The highest BCUT2D eigenvalue weighted by molar-refractivity contribution is 6.34. The number of non-ortho nitro benzene ring substituents is 1. The molecule has 0 unspecified atom stereocenters. The first-order valence-electron chi connectivity index (χ1n) is 5.04. The van der Waals surface area contributed by atoms with Gasteiger partial charge in [0.25, 0.3) is 11.6 Å². The molecule has 1 N–H and O–H groups in total. The lowest BCUT2D eigenvalue weighted by atomic mass is 10.2. The first-order chi connectivity index (χ1) is 8.50. The highest BCUT2D eigenvalue weighted by Crippen LogP contribution is 2.23. The zero-order valence-corrected chi connectivity index (χ0v) is 9.81. The summed E-state index contributed by atoms with van der Waals surface area (Å²) in [6.07, 6.45) is 0. The molecule has 1 heterocycles. The van der Waals surface area contributed by atoms with Crippen molar-refractivity contribution in [3.8, 4) is 0 Å². The molecule has 1 aromatic carbocycles. The summed E-state index contributed by atoms with van der Waals surface area (Å²) in [5, 5.41) is 13.2. The van der Waals surface area contributed by atoms with Crippen LogP contribution in [0.15, 0.2) is 18.2 Å². The highest BCUT2D eigenvalue weighted by Gasteiger charge is 2.29. The van der Waals surface area contributed by atoms with Crippen molar-refractivity contribution in [2.24, 2.45) is 0 Å². The molecule has 1 aromatic rings. The van der Waals surface area contributed by atoms with Crippen LogP contribution in [-0.2, 0) is 0 Å². The van der Waals surface area contributed by atoms with E-state index in [4.69, 9.17) is 11.6 Å². The van der Waals surface area contributed by atoms with E-state index in [1.165, 1.54) is 12.1 Å². The molecule has 18 heavy (non-hydrogen) atoms. The molecular formula is C10H8ClN3O4. The van der Waals surface area contributed by atoms with Crippen molar-refractivity contribution in [1.82, 2.24) is 10.2 Å². The van der Waals surface area contributed by atoms with Gasteiger partial charge in [0.2, 0.25) is 0 Å². The molecule has 0 radical (unpaired) electrons. The molecule has 1 aliphatic heterocycles. The molecule has 0 saturated carbocycles. The van der Waals surface area contributed by atoms with Crippen molar-refractivity contribution < 1.29 is 14.5 Å². The molecule has 0 bridgehead atoms. The second kappa shape index (κ2) is 4.61. The summed E-state index contributed by atoms with van der Waals surface area (Å²) in [5.74, 6) is -0.640. The average Bonchev–Trinajstić information content (AvgIpc) is 2.75. The minimum absolute atomic E-state index is 0.0529. The van der Waals surface area contributed by atoms with Crippen LogP contribution in [0.2, 0.25) is 5.02 Å². The SMILES string of the molecule is O=C1NCCN1C(=O)c1cc([N+](=O)[O-])ccc1Cl. The first kappa shape index (κ1) is 12.3. The van der Waals surface area contributed by atoms with E-state index in [0.717, 1.165) is 11.0 Å². The van der Waals surface area contributed by atoms with Gasteiger partial charge >= 0.3 is 6.03 Å². The van der Waals surface area contributed by atoms with Crippen LogP contribution in [0.1, 0.15) is 10.4 Å². The second-order valence-corrected chi connectivity index (χ2v) is 4.02. The zero-order valence-electron chi connectivity index (χ0n) is 9.05. The molecule has 2 rings (SSSR count). The van der Waals surface area contributed by atoms with Crippen molar-refractivity contribution in [1.29, 1.82) is 0 Å². The lowest BCUT2D eigenvalue weighted by Gasteiger charge is -2.12. The Morgan fingerprint density at radius 2 is 2.22 bits per heavy atom. The maximum atomic E-state index is 12.0. The Bertz CT molecular complexity index is 546. The number of amides is 3. The van der Waals surface area contributed by atoms with E-state index in [9.17, 15) is 19.7 Å². The van der Waals surface area contributed by atoms with Crippen LogP contribution in [0.3, 0.4) is 0 Å². The maximum absolute atomic E-state index is 12.0. The van der Waals surface area contributed by atoms with Gasteiger partial charge in [0.1, 0.15) is 0 Å². The monoisotopic (exact) mass is 269 g/mol. The molecule has 0 aliphatic carbocycles. The predicted molar refractivity (Wildman–Crippen MR) is 62.5 cm³/mol. The first-order valence-corrected chi connectivity index (χ1v) is 5.42. The van der Waals surface area contributed by atoms with Gasteiger partial charge in [-0.3, -0.25) is 19.8 Å². The van der Waals surface area contributed by atoms with Crippen LogP contribution in [0.4, 0.5) is 10.5 Å². The summed E-state index contributed by atoms with van der Waals surface area (Å²) in [7, 11) is 0. The molecule has 1 saturated heterocycles. The summed E-state index contributed by atoms with van der Waals surface area (Å²) >= 11 is 5.82. The van der Waals surface area contributed by atoms with E-state index in [0.29, 0.717) is 6.54 Å². The maximum Gasteiger partial charge on any atom is 0.324 e. The normalized spacial score (nSPS) is 14.5.